The Morgan fingerprint density at radius 1 is 0.825 bits per heavy atom. The highest BCUT2D eigenvalue weighted by Gasteiger charge is 2.32. The molecule has 2 N–H and O–H groups in total. The summed E-state index contributed by atoms with van der Waals surface area (Å²) in [6, 6.07) is 23.3. The number of benzene rings is 3. The van der Waals surface area contributed by atoms with Gasteiger partial charge in [0.1, 0.15) is 11.0 Å². The average Bonchev–Trinajstić information content (AvgIpc) is 3.26. The first-order valence-electron chi connectivity index (χ1n) is 19.2. The molecule has 2 fully saturated rings. The van der Waals surface area contributed by atoms with Gasteiger partial charge >= 0.3 is 11.9 Å². The molecule has 57 heavy (non-hydrogen) atoms. The lowest BCUT2D eigenvalue weighted by Crippen LogP contribution is -2.40. The molecule has 6 rings (SSSR count). The number of nitrogens with one attached hydrogen (secondary N) is 2. The van der Waals surface area contributed by atoms with Crippen LogP contribution in [-0.4, -0.2) is 62.9 Å². The maximum atomic E-state index is 13.9. The maximum Gasteiger partial charge on any atom is 0.347 e. The van der Waals surface area contributed by atoms with E-state index in [1.54, 1.807) is 94.7 Å². The number of pyridine rings is 1. The molecule has 4 aromatic rings. The minimum atomic E-state index is -1.53. The summed E-state index contributed by atoms with van der Waals surface area (Å²) in [6.45, 7) is 4.28. The van der Waals surface area contributed by atoms with Crippen molar-refractivity contribution in [1.29, 1.82) is 0 Å². The average molecular weight is 1020 g/mol. The molecule has 1 aliphatic heterocycles. The number of hydrogen-bond donors (Lipinski definition) is 2. The number of aromatic nitrogens is 1. The summed E-state index contributed by atoms with van der Waals surface area (Å²) in [6.07, 6.45) is 9.11. The number of amides is 2. The lowest BCUT2D eigenvalue weighted by Gasteiger charge is -2.34. The number of halogens is 2. The van der Waals surface area contributed by atoms with Gasteiger partial charge in [-0.2, -0.15) is 0 Å². The Bertz CT molecular complexity index is 2070. The molecule has 12 nitrogen and oxygen atoms in total. The van der Waals surface area contributed by atoms with Crippen molar-refractivity contribution in [3.05, 3.63) is 113 Å². The minimum Gasteiger partial charge on any atom is -0.394 e. The Labute approximate surface area is 363 Å². The largest absolute Gasteiger partial charge is 0.394 e. The van der Waals surface area contributed by atoms with E-state index in [0.717, 1.165) is 62.1 Å². The smallest absolute Gasteiger partial charge is 0.347 e. The Hall–Kier alpha value is -3.94. The second kappa shape index (κ2) is 20.7. The molecule has 1 aromatic heterocycles. The summed E-state index contributed by atoms with van der Waals surface area (Å²) in [4.78, 5) is 58.9. The van der Waals surface area contributed by atoms with Crippen LogP contribution < -0.4 is 15.5 Å². The number of rotatable bonds is 14. The van der Waals surface area contributed by atoms with Gasteiger partial charge in [0, 0.05) is 42.6 Å². The Kier molecular flexibility index (Phi) is 15.5. The van der Waals surface area contributed by atoms with Crippen LogP contribution in [0.25, 0.3) is 0 Å². The van der Waals surface area contributed by atoms with E-state index in [4.69, 9.17) is 6.13 Å². The second-order valence-electron chi connectivity index (χ2n) is 14.2. The number of carbonyl (C=O) groups excluding carboxylic acids is 4. The first kappa shape index (κ1) is 42.7. The number of piperidine rings is 1. The quantitative estimate of drug-likeness (QED) is 0.119. The summed E-state index contributed by atoms with van der Waals surface area (Å²) in [5.74, 6) is -1.56. The monoisotopic (exact) mass is 1020 g/mol. The highest BCUT2D eigenvalue weighted by Crippen LogP contribution is 2.32. The van der Waals surface area contributed by atoms with Gasteiger partial charge in [0.2, 0.25) is 0 Å². The Balaban J connectivity index is 1.14. The lowest BCUT2D eigenvalue weighted by atomic mass is 9.86. The van der Waals surface area contributed by atoms with Crippen LogP contribution in [0, 0.1) is 5.92 Å². The van der Waals surface area contributed by atoms with Gasteiger partial charge < -0.3 is 21.7 Å². The summed E-state index contributed by atoms with van der Waals surface area (Å²) < 4.78 is 25.5. The molecule has 15 heteroatoms. The van der Waals surface area contributed by atoms with Gasteiger partial charge in [-0.25, -0.2) is 13.3 Å². The fourth-order valence-corrected chi connectivity index (χ4v) is 9.42. The predicted molar refractivity (Wildman–Crippen MR) is 237 cm³/mol. The van der Waals surface area contributed by atoms with Crippen molar-refractivity contribution in [1.82, 2.24) is 9.29 Å². The van der Waals surface area contributed by atoms with Crippen molar-refractivity contribution in [3.8, 4) is 0 Å². The molecule has 2 aliphatic rings. The van der Waals surface area contributed by atoms with E-state index in [9.17, 15) is 23.4 Å². The van der Waals surface area contributed by atoms with Crippen LogP contribution in [0.2, 0.25) is 0 Å². The first-order chi connectivity index (χ1) is 27.7. The highest BCUT2D eigenvalue weighted by molar-refractivity contribution is 14.1. The number of nitrogens with zero attached hydrogens (tertiary/aromatic N) is 3. The first-order valence-corrected chi connectivity index (χ1v) is 22.0. The van der Waals surface area contributed by atoms with Crippen LogP contribution in [0.5, 0.6) is 0 Å². The van der Waals surface area contributed by atoms with Crippen molar-refractivity contribution < 1.29 is 29.5 Å². The molecule has 1 atom stereocenters. The molecule has 2 amide bonds. The zero-order chi connectivity index (χ0) is 40.3. The van der Waals surface area contributed by atoms with Crippen molar-refractivity contribution >= 4 is 97.8 Å². The fourth-order valence-electron chi connectivity index (χ4n) is 7.40. The van der Waals surface area contributed by atoms with Crippen LogP contribution in [0.15, 0.2) is 90.0 Å². The molecule has 1 unspecified atom stereocenters. The molecule has 0 bridgehead atoms. The van der Waals surface area contributed by atoms with Crippen LogP contribution >= 0.6 is 46.0 Å². The third-order valence-electron chi connectivity index (χ3n) is 10.6. The van der Waals surface area contributed by atoms with Gasteiger partial charge in [-0.1, -0.05) is 25.1 Å². The van der Waals surface area contributed by atoms with Crippen LogP contribution in [-0.2, 0) is 34.8 Å². The number of anilines is 3. The molecular formula is C42H45I2N5O7S. The molecule has 0 radical (unpaired) electrons. The molecule has 3 aromatic carbocycles. The third-order valence-corrected chi connectivity index (χ3v) is 13.0. The topological polar surface area (TPSA) is 147 Å². The number of aryl methyl sites for hydroxylation is 2. The van der Waals surface area contributed by atoms with Crippen LogP contribution in [0.4, 0.5) is 17.1 Å². The molecule has 1 saturated heterocycles. The lowest BCUT2D eigenvalue weighted by molar-refractivity contribution is -0.137. The van der Waals surface area contributed by atoms with Gasteiger partial charge in [-0.15, -0.1) is 0 Å². The summed E-state index contributed by atoms with van der Waals surface area (Å²) >= 11 is 3.20. The van der Waals surface area contributed by atoms with Gasteiger partial charge in [0.05, 0.1) is 39.5 Å². The SMILES string of the molecule is CCN(C1CCC(C(=O)OI)CC1)S(=O)c1cccc(C(=O)Nc2ccc(N3CCCCC3)cc2C(=O)Nc2ccc(CCc3ccc(C(=O)OI)cc3)nc2)c1. The van der Waals surface area contributed by atoms with Crippen molar-refractivity contribution in [3.63, 3.8) is 0 Å². The number of hydrogen-bond acceptors (Lipinski definition) is 9. The van der Waals surface area contributed by atoms with E-state index in [2.05, 4.69) is 20.5 Å². The molecular weight excluding hydrogens is 972 g/mol. The van der Waals surface area contributed by atoms with E-state index in [1.807, 2.05) is 47.6 Å². The Morgan fingerprint density at radius 3 is 2.25 bits per heavy atom. The molecule has 2 heterocycles. The van der Waals surface area contributed by atoms with E-state index < -0.39 is 22.8 Å². The Morgan fingerprint density at radius 2 is 1.58 bits per heavy atom. The van der Waals surface area contributed by atoms with Crippen molar-refractivity contribution in [2.75, 3.05) is 35.2 Å². The van der Waals surface area contributed by atoms with E-state index >= 15 is 0 Å². The van der Waals surface area contributed by atoms with Gasteiger partial charge in [-0.3, -0.25) is 19.4 Å². The molecule has 0 spiro atoms. The van der Waals surface area contributed by atoms with Crippen LogP contribution in [0.1, 0.15) is 94.2 Å². The number of carbonyl (C=O) groups is 4. The third kappa shape index (κ3) is 11.2. The zero-order valence-electron chi connectivity index (χ0n) is 31.6. The summed E-state index contributed by atoms with van der Waals surface area (Å²) in [5.41, 5.74) is 4.79. The van der Waals surface area contributed by atoms with Gasteiger partial charge in [0.15, 0.2) is 46.0 Å². The maximum absolute atomic E-state index is 13.9. The predicted octanol–water partition coefficient (Wildman–Crippen LogP) is 8.67. The van der Waals surface area contributed by atoms with E-state index in [0.29, 0.717) is 58.8 Å². The summed E-state index contributed by atoms with van der Waals surface area (Å²) in [5, 5.41) is 5.92. The van der Waals surface area contributed by atoms with Gasteiger partial charge in [-0.05, 0) is 124 Å². The fraction of sp³-hybridized carbons (Fsp3) is 0.357. The van der Waals surface area contributed by atoms with Crippen molar-refractivity contribution in [2.45, 2.75) is 75.6 Å². The standard InChI is InChI=1S/C42H45I2N5O7S/c1-2-49(34-19-14-30(15-20-34)42(53)56-44)57(54)36-8-6-7-31(25-36)39(50)47-38-22-21-35(48-23-4-3-5-24-48)26-37(38)40(51)46-33-18-17-32(45-27-33)16-11-28-9-12-29(13-10-28)41(52)55-43/h6-10,12-13,17-18,21-22,25-27,30,34H,2-5,11,14-16,19-20,23-24H2,1H3,(H,46,51)(H,47,50). The molecule has 1 saturated carbocycles. The van der Waals surface area contributed by atoms with E-state index in [1.165, 1.54) is 6.42 Å². The summed E-state index contributed by atoms with van der Waals surface area (Å²) in [7, 11) is -1.53. The normalized spacial score (nSPS) is 17.4. The zero-order valence-corrected chi connectivity index (χ0v) is 36.7. The van der Waals surface area contributed by atoms with Gasteiger partial charge in [0.25, 0.3) is 11.8 Å². The minimum absolute atomic E-state index is 0.0378. The van der Waals surface area contributed by atoms with Crippen molar-refractivity contribution in [2.24, 2.45) is 5.92 Å². The molecule has 1 aliphatic carbocycles. The molecule has 300 valence electrons. The highest BCUT2D eigenvalue weighted by atomic mass is 127. The second-order valence-corrected chi connectivity index (χ2v) is 16.5. The van der Waals surface area contributed by atoms with Crippen LogP contribution in [0.3, 0.4) is 0 Å². The van der Waals surface area contributed by atoms with E-state index in [-0.39, 0.29) is 23.9 Å².